The quantitative estimate of drug-likeness (QED) is 0.594. The van der Waals surface area contributed by atoms with Crippen molar-refractivity contribution in [3.8, 4) is 0 Å². The molecule has 6 atom stereocenters. The first-order valence-electron chi connectivity index (χ1n) is 9.52. The van der Waals surface area contributed by atoms with Gasteiger partial charge < -0.3 is 0 Å². The molecule has 5 nitrogen and oxygen atoms in total. The van der Waals surface area contributed by atoms with E-state index in [0.717, 1.165) is 38.5 Å². The molecule has 4 aliphatic carbocycles. The third-order valence-electron chi connectivity index (χ3n) is 8.03. The van der Waals surface area contributed by atoms with Crippen molar-refractivity contribution >= 4 is 16.2 Å². The van der Waals surface area contributed by atoms with Gasteiger partial charge in [-0.05, 0) is 68.1 Å². The van der Waals surface area contributed by atoms with Crippen molar-refractivity contribution in [2.45, 2.75) is 71.3 Å². The van der Waals surface area contributed by atoms with Gasteiger partial charge >= 0.3 is 10.4 Å². The minimum absolute atomic E-state index is 0.0783. The molecule has 0 radical (unpaired) electrons. The third kappa shape index (κ3) is 2.72. The summed E-state index contributed by atoms with van der Waals surface area (Å²) < 4.78 is 35.9. The standard InChI is InChI=1S/C19H28O5S/c1-18-9-7-13(24-25(21,22)23)11-12(18)3-4-14-15-5-6-17(20)19(15,2)10-8-16(14)18/h3,13-16H,4-11H2,1-2H3,(H,21,22,23)/t13-,14+,15+,16+,18+,19+/m1/s1. The number of carbonyl (C=O) groups is 1. The van der Waals surface area contributed by atoms with Crippen LogP contribution in [0.25, 0.3) is 0 Å². The molecule has 0 aromatic carbocycles. The first kappa shape index (κ1) is 17.7. The van der Waals surface area contributed by atoms with E-state index in [4.69, 9.17) is 8.74 Å². The molecule has 0 amide bonds. The van der Waals surface area contributed by atoms with Crippen LogP contribution in [0.5, 0.6) is 0 Å². The van der Waals surface area contributed by atoms with Gasteiger partial charge in [0.1, 0.15) is 5.78 Å². The fourth-order valence-corrected chi connectivity index (χ4v) is 7.16. The third-order valence-corrected chi connectivity index (χ3v) is 8.54. The number of allylic oxidation sites excluding steroid dienone is 1. The molecule has 4 aliphatic rings. The molecule has 140 valence electrons. The Bertz CT molecular complexity index is 726. The zero-order chi connectivity index (χ0) is 18.0. The van der Waals surface area contributed by atoms with Crippen LogP contribution < -0.4 is 0 Å². The second-order valence-corrected chi connectivity index (χ2v) is 10.1. The Morgan fingerprint density at radius 1 is 1.12 bits per heavy atom. The highest BCUT2D eigenvalue weighted by atomic mass is 32.3. The predicted octanol–water partition coefficient (Wildman–Crippen LogP) is 3.71. The minimum atomic E-state index is -4.40. The molecule has 0 saturated heterocycles. The van der Waals surface area contributed by atoms with Crippen molar-refractivity contribution < 1.29 is 21.9 Å². The van der Waals surface area contributed by atoms with Crippen LogP contribution in [0.3, 0.4) is 0 Å². The first-order chi connectivity index (χ1) is 11.6. The molecular weight excluding hydrogens is 340 g/mol. The zero-order valence-corrected chi connectivity index (χ0v) is 15.8. The summed E-state index contributed by atoms with van der Waals surface area (Å²) in [4.78, 5) is 12.4. The van der Waals surface area contributed by atoms with Gasteiger partial charge in [0.05, 0.1) is 6.10 Å². The van der Waals surface area contributed by atoms with E-state index in [1.807, 2.05) is 0 Å². The number of carbonyl (C=O) groups excluding carboxylic acids is 1. The van der Waals surface area contributed by atoms with Gasteiger partial charge in [-0.15, -0.1) is 0 Å². The molecule has 0 unspecified atom stereocenters. The highest BCUT2D eigenvalue weighted by molar-refractivity contribution is 7.80. The van der Waals surface area contributed by atoms with Crippen LogP contribution in [0.2, 0.25) is 0 Å². The average Bonchev–Trinajstić information content (AvgIpc) is 2.82. The summed E-state index contributed by atoms with van der Waals surface area (Å²) in [6.45, 7) is 4.50. The molecule has 0 aromatic heterocycles. The molecule has 0 spiro atoms. The van der Waals surface area contributed by atoms with Gasteiger partial charge in [-0.2, -0.15) is 8.42 Å². The van der Waals surface area contributed by atoms with Crippen LogP contribution in [-0.2, 0) is 19.4 Å². The molecule has 3 fully saturated rings. The van der Waals surface area contributed by atoms with E-state index >= 15 is 0 Å². The molecule has 4 rings (SSSR count). The second-order valence-electron chi connectivity index (χ2n) is 9.07. The summed E-state index contributed by atoms with van der Waals surface area (Å²) in [5, 5.41) is 0. The number of hydrogen-bond acceptors (Lipinski definition) is 4. The van der Waals surface area contributed by atoms with Gasteiger partial charge in [0, 0.05) is 11.8 Å². The summed E-state index contributed by atoms with van der Waals surface area (Å²) in [6.07, 6.45) is 8.79. The van der Waals surface area contributed by atoms with Crippen LogP contribution in [0.15, 0.2) is 11.6 Å². The van der Waals surface area contributed by atoms with E-state index in [-0.39, 0.29) is 10.8 Å². The summed E-state index contributed by atoms with van der Waals surface area (Å²) in [5.41, 5.74) is 1.25. The van der Waals surface area contributed by atoms with Crippen molar-refractivity contribution in [3.05, 3.63) is 11.6 Å². The number of hydrogen-bond donors (Lipinski definition) is 1. The maximum Gasteiger partial charge on any atom is 0.397 e. The maximum absolute atomic E-state index is 12.4. The van der Waals surface area contributed by atoms with Gasteiger partial charge in [0.15, 0.2) is 0 Å². The summed E-state index contributed by atoms with van der Waals surface area (Å²) in [5.74, 6) is 2.10. The van der Waals surface area contributed by atoms with Crippen molar-refractivity contribution in [2.24, 2.45) is 28.6 Å². The lowest BCUT2D eigenvalue weighted by Crippen LogP contribution is -2.50. The molecule has 0 heterocycles. The van der Waals surface area contributed by atoms with E-state index in [9.17, 15) is 13.2 Å². The Kier molecular flexibility index (Phi) is 3.99. The van der Waals surface area contributed by atoms with Gasteiger partial charge in [-0.1, -0.05) is 25.5 Å². The largest absolute Gasteiger partial charge is 0.397 e. The van der Waals surface area contributed by atoms with Gasteiger partial charge in [-0.25, -0.2) is 4.18 Å². The van der Waals surface area contributed by atoms with Crippen LogP contribution in [0.1, 0.15) is 65.2 Å². The zero-order valence-electron chi connectivity index (χ0n) is 15.0. The Hall–Kier alpha value is -0.720. The highest BCUT2D eigenvalue weighted by Gasteiger charge is 2.58. The molecule has 25 heavy (non-hydrogen) atoms. The predicted molar refractivity (Wildman–Crippen MR) is 93.1 cm³/mol. The molecule has 0 aliphatic heterocycles. The maximum atomic E-state index is 12.4. The Morgan fingerprint density at radius 2 is 1.80 bits per heavy atom. The van der Waals surface area contributed by atoms with Crippen LogP contribution in [-0.4, -0.2) is 24.9 Å². The SMILES string of the molecule is C[C@]12CC[C@@H](OS(=O)(=O)O)CC1=CC[C@@H]1[C@@H]2CC[C@]2(C)C(=O)CC[C@@H]12. The van der Waals surface area contributed by atoms with E-state index < -0.39 is 16.5 Å². The van der Waals surface area contributed by atoms with Crippen molar-refractivity contribution in [1.82, 2.24) is 0 Å². The van der Waals surface area contributed by atoms with Crippen LogP contribution in [0.4, 0.5) is 0 Å². The van der Waals surface area contributed by atoms with Crippen LogP contribution in [0, 0.1) is 28.6 Å². The van der Waals surface area contributed by atoms with Crippen molar-refractivity contribution in [2.75, 3.05) is 0 Å². The van der Waals surface area contributed by atoms with E-state index in [2.05, 4.69) is 19.9 Å². The molecular formula is C19H28O5S. The average molecular weight is 368 g/mol. The van der Waals surface area contributed by atoms with Crippen molar-refractivity contribution in [1.29, 1.82) is 0 Å². The fraction of sp³-hybridized carbons (Fsp3) is 0.842. The molecule has 0 aromatic rings. The van der Waals surface area contributed by atoms with Gasteiger partial charge in [-0.3, -0.25) is 9.35 Å². The Balaban J connectivity index is 1.59. The van der Waals surface area contributed by atoms with Gasteiger partial charge in [0.25, 0.3) is 0 Å². The van der Waals surface area contributed by atoms with E-state index in [1.54, 1.807) is 0 Å². The fourth-order valence-electron chi connectivity index (χ4n) is 6.65. The lowest BCUT2D eigenvalue weighted by atomic mass is 9.48. The molecule has 1 N–H and O–H groups in total. The monoisotopic (exact) mass is 368 g/mol. The first-order valence-corrected chi connectivity index (χ1v) is 10.9. The normalized spacial score (nSPS) is 46.8. The number of Topliss-reactive ketones (excluding diaryl/α,β-unsaturated/α-hetero) is 1. The topological polar surface area (TPSA) is 80.7 Å². The Morgan fingerprint density at radius 3 is 2.52 bits per heavy atom. The lowest BCUT2D eigenvalue weighted by molar-refractivity contribution is -0.131. The van der Waals surface area contributed by atoms with E-state index in [1.165, 1.54) is 5.57 Å². The molecule has 3 saturated carbocycles. The minimum Gasteiger partial charge on any atom is -0.299 e. The molecule has 0 bridgehead atoms. The number of ketones is 1. The summed E-state index contributed by atoms with van der Waals surface area (Å²) in [7, 11) is -4.40. The van der Waals surface area contributed by atoms with Gasteiger partial charge in [0.2, 0.25) is 0 Å². The van der Waals surface area contributed by atoms with E-state index in [0.29, 0.717) is 36.4 Å². The number of rotatable bonds is 2. The highest BCUT2D eigenvalue weighted by Crippen LogP contribution is 2.64. The van der Waals surface area contributed by atoms with Crippen molar-refractivity contribution in [3.63, 3.8) is 0 Å². The Labute approximate surface area is 150 Å². The molecule has 6 heteroatoms. The number of fused-ring (bicyclic) bond motifs is 5. The smallest absolute Gasteiger partial charge is 0.299 e. The van der Waals surface area contributed by atoms with Crippen LogP contribution >= 0.6 is 0 Å². The second kappa shape index (κ2) is 5.64. The summed E-state index contributed by atoms with van der Waals surface area (Å²) in [6, 6.07) is 0. The lowest BCUT2D eigenvalue weighted by Gasteiger charge is -2.56. The summed E-state index contributed by atoms with van der Waals surface area (Å²) >= 11 is 0.